The molecule has 37 heavy (non-hydrogen) atoms. The standard InChI is InChI=1S/C29H39NO7/c1-19(2)14-16-36-22-12-10-21(11-13-22)18-29(4,5)26(32)25-23(31)17-24(37-27(25)33)20(3)9-7-8-15-30-28(34)35-6/h8,10-13,15,17,19-20,31H,7,9,14,16,18H2,1-6H3,(H,30,34)/b15-8+. The van der Waals surface area contributed by atoms with Crippen LogP contribution in [0.1, 0.15) is 81.5 Å². The number of Topliss-reactive ketones (excluding diaryl/α,β-unsaturated/α-hetero) is 1. The molecule has 1 aromatic carbocycles. The normalized spacial score (nSPS) is 12.5. The van der Waals surface area contributed by atoms with Crippen LogP contribution in [0.2, 0.25) is 0 Å². The van der Waals surface area contributed by atoms with Crippen molar-refractivity contribution in [1.29, 1.82) is 0 Å². The average Bonchev–Trinajstić information content (AvgIpc) is 2.83. The Morgan fingerprint density at radius 3 is 2.41 bits per heavy atom. The van der Waals surface area contributed by atoms with Crippen LogP contribution in [0.4, 0.5) is 4.79 Å². The molecule has 0 aliphatic rings. The number of carbonyl (C=O) groups is 2. The highest BCUT2D eigenvalue weighted by molar-refractivity contribution is 6.02. The van der Waals surface area contributed by atoms with Crippen molar-refractivity contribution in [3.63, 3.8) is 0 Å². The first-order valence-corrected chi connectivity index (χ1v) is 12.6. The van der Waals surface area contributed by atoms with Crippen LogP contribution in [-0.2, 0) is 11.2 Å². The maximum Gasteiger partial charge on any atom is 0.410 e. The number of aromatic hydroxyl groups is 1. The Balaban J connectivity index is 2.05. The maximum absolute atomic E-state index is 13.3. The molecule has 8 nitrogen and oxygen atoms in total. The molecule has 1 unspecified atom stereocenters. The highest BCUT2D eigenvalue weighted by Gasteiger charge is 2.34. The third-order valence-corrected chi connectivity index (χ3v) is 6.08. The number of nitrogens with one attached hydrogen (secondary N) is 1. The van der Waals surface area contributed by atoms with Crippen molar-refractivity contribution in [2.75, 3.05) is 13.7 Å². The molecule has 0 spiro atoms. The van der Waals surface area contributed by atoms with E-state index < -0.39 is 22.9 Å². The van der Waals surface area contributed by atoms with Crippen molar-refractivity contribution >= 4 is 11.9 Å². The van der Waals surface area contributed by atoms with E-state index in [1.54, 1.807) is 19.9 Å². The fourth-order valence-corrected chi connectivity index (χ4v) is 3.75. The van der Waals surface area contributed by atoms with Crippen molar-refractivity contribution in [1.82, 2.24) is 5.32 Å². The molecule has 0 fully saturated rings. The molecule has 1 heterocycles. The number of hydrogen-bond donors (Lipinski definition) is 2. The molecule has 0 bridgehead atoms. The van der Waals surface area contributed by atoms with Gasteiger partial charge in [0.2, 0.25) is 0 Å². The fraction of sp³-hybridized carbons (Fsp3) is 0.483. The summed E-state index contributed by atoms with van der Waals surface area (Å²) >= 11 is 0. The Hall–Kier alpha value is -3.55. The summed E-state index contributed by atoms with van der Waals surface area (Å²) in [4.78, 5) is 37.1. The molecule has 0 saturated heterocycles. The topological polar surface area (TPSA) is 115 Å². The van der Waals surface area contributed by atoms with Crippen LogP contribution >= 0.6 is 0 Å². The molecule has 8 heteroatoms. The van der Waals surface area contributed by atoms with Crippen LogP contribution < -0.4 is 15.7 Å². The quantitative estimate of drug-likeness (QED) is 0.317. The number of alkyl carbamates (subject to hydrolysis) is 1. The number of amides is 1. The van der Waals surface area contributed by atoms with Crippen molar-refractivity contribution in [3.8, 4) is 11.5 Å². The average molecular weight is 514 g/mol. The molecule has 1 aromatic heterocycles. The Morgan fingerprint density at radius 2 is 1.81 bits per heavy atom. The van der Waals surface area contributed by atoms with Crippen LogP contribution in [-0.4, -0.2) is 30.7 Å². The zero-order chi connectivity index (χ0) is 27.6. The van der Waals surface area contributed by atoms with Gasteiger partial charge < -0.3 is 19.0 Å². The minimum Gasteiger partial charge on any atom is -0.507 e. The van der Waals surface area contributed by atoms with Crippen LogP contribution in [0.3, 0.4) is 0 Å². The van der Waals surface area contributed by atoms with E-state index in [2.05, 4.69) is 23.9 Å². The third-order valence-electron chi connectivity index (χ3n) is 6.08. The monoisotopic (exact) mass is 513 g/mol. The first kappa shape index (κ1) is 29.7. The van der Waals surface area contributed by atoms with Gasteiger partial charge in [-0.25, -0.2) is 9.59 Å². The van der Waals surface area contributed by atoms with E-state index in [-0.39, 0.29) is 17.2 Å². The lowest BCUT2D eigenvalue weighted by Crippen LogP contribution is -2.31. The number of allylic oxidation sites excluding steroid dienone is 1. The van der Waals surface area contributed by atoms with Gasteiger partial charge in [-0.05, 0) is 49.3 Å². The van der Waals surface area contributed by atoms with Crippen molar-refractivity contribution in [3.05, 3.63) is 69.9 Å². The Kier molecular flexibility index (Phi) is 11.0. The summed E-state index contributed by atoms with van der Waals surface area (Å²) in [6.07, 6.45) is 5.19. The number of benzene rings is 1. The second kappa shape index (κ2) is 13.7. The largest absolute Gasteiger partial charge is 0.507 e. The van der Waals surface area contributed by atoms with Crippen LogP contribution in [0, 0.1) is 11.3 Å². The summed E-state index contributed by atoms with van der Waals surface area (Å²) in [5.74, 6) is 0.572. The highest BCUT2D eigenvalue weighted by atomic mass is 16.5. The van der Waals surface area contributed by atoms with E-state index in [0.29, 0.717) is 37.5 Å². The van der Waals surface area contributed by atoms with E-state index in [1.165, 1.54) is 19.4 Å². The van der Waals surface area contributed by atoms with Crippen molar-refractivity contribution < 1.29 is 28.6 Å². The SMILES string of the molecule is COC(=O)N/C=C/CCC(C)c1cc(O)c(C(=O)C(C)(C)Cc2ccc(OCCC(C)C)cc2)c(=O)o1. The summed E-state index contributed by atoms with van der Waals surface area (Å²) in [6, 6.07) is 8.90. The zero-order valence-electron chi connectivity index (χ0n) is 22.6. The molecular formula is C29H39NO7. The second-order valence-corrected chi connectivity index (χ2v) is 10.3. The minimum absolute atomic E-state index is 0.195. The molecule has 0 saturated carbocycles. The van der Waals surface area contributed by atoms with Gasteiger partial charge in [-0.2, -0.15) is 0 Å². The number of ether oxygens (including phenoxy) is 2. The van der Waals surface area contributed by atoms with E-state index in [9.17, 15) is 19.5 Å². The lowest BCUT2D eigenvalue weighted by molar-refractivity contribution is 0.0829. The first-order chi connectivity index (χ1) is 17.4. The van der Waals surface area contributed by atoms with E-state index in [4.69, 9.17) is 9.15 Å². The fourth-order valence-electron chi connectivity index (χ4n) is 3.75. The predicted molar refractivity (Wildman–Crippen MR) is 142 cm³/mol. The number of methoxy groups -OCH3 is 1. The molecule has 202 valence electrons. The van der Waals surface area contributed by atoms with Crippen molar-refractivity contribution in [2.24, 2.45) is 11.3 Å². The van der Waals surface area contributed by atoms with Gasteiger partial charge in [0.1, 0.15) is 22.8 Å². The Bertz CT molecular complexity index is 1130. The third kappa shape index (κ3) is 9.12. The molecule has 2 rings (SSSR count). The molecule has 1 atom stereocenters. The molecule has 1 amide bonds. The highest BCUT2D eigenvalue weighted by Crippen LogP contribution is 2.31. The van der Waals surface area contributed by atoms with Crippen LogP contribution in [0.15, 0.2) is 51.8 Å². The number of ketones is 1. The lowest BCUT2D eigenvalue weighted by Gasteiger charge is -2.23. The smallest absolute Gasteiger partial charge is 0.410 e. The van der Waals surface area contributed by atoms with Gasteiger partial charge >= 0.3 is 11.7 Å². The predicted octanol–water partition coefficient (Wildman–Crippen LogP) is 5.98. The molecule has 0 aliphatic heterocycles. The molecule has 2 N–H and O–H groups in total. The van der Waals surface area contributed by atoms with Crippen molar-refractivity contribution in [2.45, 2.75) is 66.2 Å². The molecular weight excluding hydrogens is 474 g/mol. The summed E-state index contributed by atoms with van der Waals surface area (Å²) in [7, 11) is 1.28. The van der Waals surface area contributed by atoms with Crippen LogP contribution in [0.25, 0.3) is 0 Å². The Morgan fingerprint density at radius 1 is 1.14 bits per heavy atom. The van der Waals surface area contributed by atoms with Gasteiger partial charge in [-0.15, -0.1) is 0 Å². The van der Waals surface area contributed by atoms with Gasteiger partial charge in [0.05, 0.1) is 13.7 Å². The number of carbonyl (C=O) groups excluding carboxylic acids is 2. The number of rotatable bonds is 13. The van der Waals surface area contributed by atoms with Crippen LogP contribution in [0.5, 0.6) is 11.5 Å². The summed E-state index contributed by atoms with van der Waals surface area (Å²) in [6.45, 7) is 10.3. The minimum atomic E-state index is -0.948. The number of hydrogen-bond acceptors (Lipinski definition) is 7. The molecule has 2 aromatic rings. The zero-order valence-corrected chi connectivity index (χ0v) is 22.6. The summed E-state index contributed by atoms with van der Waals surface area (Å²) < 4.78 is 15.7. The van der Waals surface area contributed by atoms with E-state index >= 15 is 0 Å². The summed E-state index contributed by atoms with van der Waals surface area (Å²) in [5.41, 5.74) is -1.22. The second-order valence-electron chi connectivity index (χ2n) is 10.3. The van der Waals surface area contributed by atoms with Gasteiger partial charge in [0.15, 0.2) is 5.78 Å². The van der Waals surface area contributed by atoms with E-state index in [0.717, 1.165) is 17.7 Å². The molecule has 0 aliphatic carbocycles. The molecule has 0 radical (unpaired) electrons. The van der Waals surface area contributed by atoms with Gasteiger partial charge in [-0.3, -0.25) is 10.1 Å². The maximum atomic E-state index is 13.3. The lowest BCUT2D eigenvalue weighted by atomic mass is 9.79. The van der Waals surface area contributed by atoms with Gasteiger partial charge in [0.25, 0.3) is 0 Å². The van der Waals surface area contributed by atoms with Gasteiger partial charge in [0, 0.05) is 23.6 Å². The van der Waals surface area contributed by atoms with Gasteiger partial charge in [-0.1, -0.05) is 52.8 Å². The Labute approximate surface area is 218 Å². The summed E-state index contributed by atoms with van der Waals surface area (Å²) in [5, 5.41) is 13.0. The first-order valence-electron chi connectivity index (χ1n) is 12.6. The van der Waals surface area contributed by atoms with E-state index in [1.807, 2.05) is 31.2 Å².